The van der Waals surface area contributed by atoms with Crippen LogP contribution in [0.3, 0.4) is 0 Å². The number of hydrogen-bond donors (Lipinski definition) is 1. The van der Waals surface area contributed by atoms with Gasteiger partial charge in [-0.3, -0.25) is 9.36 Å². The minimum Gasteiger partial charge on any atom is -0.378 e. The Kier molecular flexibility index (Phi) is 5.24. The largest absolute Gasteiger partial charge is 0.378 e. The molecule has 162 valence electrons. The molecular formula is C23H21FN6O2. The summed E-state index contributed by atoms with van der Waals surface area (Å²) < 4.78 is 21.5. The summed E-state index contributed by atoms with van der Waals surface area (Å²) in [5, 5.41) is 3.52. The number of anilines is 3. The van der Waals surface area contributed by atoms with Crippen LogP contribution in [0.5, 0.6) is 0 Å². The van der Waals surface area contributed by atoms with Crippen LogP contribution in [0.4, 0.5) is 21.7 Å². The summed E-state index contributed by atoms with van der Waals surface area (Å²) in [6.45, 7) is 4.49. The molecule has 0 saturated carbocycles. The molecule has 0 unspecified atom stereocenters. The fourth-order valence-electron chi connectivity index (χ4n) is 3.81. The molecule has 1 fully saturated rings. The van der Waals surface area contributed by atoms with Crippen LogP contribution in [-0.2, 0) is 4.74 Å². The van der Waals surface area contributed by atoms with Gasteiger partial charge < -0.3 is 15.0 Å². The smallest absolute Gasteiger partial charge is 0.265 e. The van der Waals surface area contributed by atoms with Crippen molar-refractivity contribution in [3.05, 3.63) is 76.9 Å². The molecule has 2 aromatic carbocycles. The first-order valence-electron chi connectivity index (χ1n) is 10.3. The van der Waals surface area contributed by atoms with Gasteiger partial charge in [0.15, 0.2) is 0 Å². The Labute approximate surface area is 183 Å². The van der Waals surface area contributed by atoms with E-state index in [2.05, 4.69) is 25.2 Å². The van der Waals surface area contributed by atoms with E-state index in [4.69, 9.17) is 4.74 Å². The molecule has 4 aromatic rings. The van der Waals surface area contributed by atoms with Gasteiger partial charge in [0, 0.05) is 19.2 Å². The first kappa shape index (κ1) is 20.1. The second-order valence-electron chi connectivity index (χ2n) is 7.47. The highest BCUT2D eigenvalue weighted by Gasteiger charge is 2.15. The zero-order valence-electron chi connectivity index (χ0n) is 17.5. The first-order valence-corrected chi connectivity index (χ1v) is 10.3. The van der Waals surface area contributed by atoms with Crippen molar-refractivity contribution in [3.63, 3.8) is 0 Å². The van der Waals surface area contributed by atoms with Crippen LogP contribution in [0.25, 0.3) is 16.6 Å². The van der Waals surface area contributed by atoms with Crippen LogP contribution >= 0.6 is 0 Å². The van der Waals surface area contributed by atoms with E-state index < -0.39 is 5.82 Å². The van der Waals surface area contributed by atoms with Crippen LogP contribution in [-0.4, -0.2) is 45.8 Å². The number of para-hydroxylation sites is 1. The van der Waals surface area contributed by atoms with Crippen molar-refractivity contribution < 1.29 is 9.13 Å². The van der Waals surface area contributed by atoms with Crippen molar-refractivity contribution in [3.8, 4) is 5.69 Å². The predicted molar refractivity (Wildman–Crippen MR) is 120 cm³/mol. The van der Waals surface area contributed by atoms with Gasteiger partial charge in [0.25, 0.3) is 5.56 Å². The van der Waals surface area contributed by atoms with Crippen LogP contribution in [0.1, 0.15) is 5.82 Å². The first-order chi connectivity index (χ1) is 15.6. The van der Waals surface area contributed by atoms with Crippen molar-refractivity contribution in [2.24, 2.45) is 0 Å². The number of morpholine rings is 1. The van der Waals surface area contributed by atoms with Crippen LogP contribution < -0.4 is 15.8 Å². The van der Waals surface area contributed by atoms with Gasteiger partial charge in [-0.2, -0.15) is 0 Å². The van der Waals surface area contributed by atoms with E-state index in [9.17, 15) is 9.18 Å². The number of fused-ring (bicyclic) bond motifs is 1. The topological polar surface area (TPSA) is 85.2 Å². The zero-order valence-corrected chi connectivity index (χ0v) is 17.5. The fourth-order valence-corrected chi connectivity index (χ4v) is 3.81. The average molecular weight is 432 g/mol. The molecule has 0 amide bonds. The number of benzene rings is 2. The summed E-state index contributed by atoms with van der Waals surface area (Å²) in [6, 6.07) is 13.4. The molecule has 1 N–H and O–H groups in total. The highest BCUT2D eigenvalue weighted by Crippen LogP contribution is 2.24. The van der Waals surface area contributed by atoms with Gasteiger partial charge in [-0.25, -0.2) is 19.3 Å². The molecule has 8 nitrogen and oxygen atoms in total. The Morgan fingerprint density at radius 2 is 1.88 bits per heavy atom. The molecular weight excluding hydrogens is 411 g/mol. The Bertz CT molecular complexity index is 1350. The quantitative estimate of drug-likeness (QED) is 0.530. The summed E-state index contributed by atoms with van der Waals surface area (Å²) in [7, 11) is 0. The number of aryl methyl sites for hydroxylation is 1. The third kappa shape index (κ3) is 3.78. The molecule has 1 saturated heterocycles. The number of nitrogens with zero attached hydrogens (tertiary/aromatic N) is 5. The van der Waals surface area contributed by atoms with Crippen LogP contribution in [0, 0.1) is 12.7 Å². The normalized spacial score (nSPS) is 14.0. The molecule has 3 heterocycles. The van der Waals surface area contributed by atoms with Crippen LogP contribution in [0.2, 0.25) is 0 Å². The van der Waals surface area contributed by atoms with Crippen molar-refractivity contribution in [2.75, 3.05) is 36.5 Å². The van der Waals surface area contributed by atoms with Gasteiger partial charge in [0.2, 0.25) is 0 Å². The number of rotatable bonds is 4. The Balaban J connectivity index is 1.51. The lowest BCUT2D eigenvalue weighted by molar-refractivity contribution is 0.122. The summed E-state index contributed by atoms with van der Waals surface area (Å²) in [4.78, 5) is 28.2. The second kappa shape index (κ2) is 8.35. The maximum Gasteiger partial charge on any atom is 0.265 e. The molecule has 0 bridgehead atoms. The Hall–Kier alpha value is -3.85. The standard InChI is InChI=1S/C23H21FN6O2/c1-15-27-19-5-3-2-4-17(19)23(31)30(15)16-6-7-18(24)20(12-16)28-21-13-22(26-14-25-21)29-8-10-32-11-9-29/h2-7,12-14H,8-11H2,1H3,(H,25,26,28). The monoisotopic (exact) mass is 432 g/mol. The number of aromatic nitrogens is 4. The van der Waals surface area contributed by atoms with Gasteiger partial charge in [-0.15, -0.1) is 0 Å². The number of nitrogens with one attached hydrogen (secondary N) is 1. The molecule has 2 aromatic heterocycles. The lowest BCUT2D eigenvalue weighted by Crippen LogP contribution is -2.36. The molecule has 1 aliphatic rings. The van der Waals surface area contributed by atoms with E-state index in [-0.39, 0.29) is 11.2 Å². The third-order valence-electron chi connectivity index (χ3n) is 5.40. The van der Waals surface area contributed by atoms with E-state index in [1.54, 1.807) is 43.3 Å². The highest BCUT2D eigenvalue weighted by molar-refractivity contribution is 5.78. The van der Waals surface area contributed by atoms with E-state index in [1.807, 2.05) is 6.07 Å². The Morgan fingerprint density at radius 3 is 2.72 bits per heavy atom. The van der Waals surface area contributed by atoms with Gasteiger partial charge in [-0.05, 0) is 37.3 Å². The fraction of sp³-hybridized carbons (Fsp3) is 0.217. The summed E-state index contributed by atoms with van der Waals surface area (Å²) in [5.74, 6) is 1.26. The minimum atomic E-state index is -0.459. The SMILES string of the molecule is Cc1nc2ccccc2c(=O)n1-c1ccc(F)c(Nc2cc(N3CCOCC3)ncn2)c1. The summed E-state index contributed by atoms with van der Waals surface area (Å²) in [6.07, 6.45) is 1.44. The van der Waals surface area contributed by atoms with E-state index in [0.717, 1.165) is 18.9 Å². The van der Waals surface area contributed by atoms with Gasteiger partial charge in [0.05, 0.1) is 35.5 Å². The molecule has 32 heavy (non-hydrogen) atoms. The van der Waals surface area contributed by atoms with Gasteiger partial charge in [0.1, 0.15) is 29.6 Å². The van der Waals surface area contributed by atoms with E-state index in [1.165, 1.54) is 17.0 Å². The van der Waals surface area contributed by atoms with Crippen molar-refractivity contribution in [1.82, 2.24) is 19.5 Å². The molecule has 0 aliphatic carbocycles. The molecule has 0 spiro atoms. The molecule has 9 heteroatoms. The molecule has 0 radical (unpaired) electrons. The van der Waals surface area contributed by atoms with E-state index in [0.29, 0.717) is 41.4 Å². The molecule has 1 aliphatic heterocycles. The zero-order chi connectivity index (χ0) is 22.1. The van der Waals surface area contributed by atoms with Crippen molar-refractivity contribution in [2.45, 2.75) is 6.92 Å². The molecule has 5 rings (SSSR count). The summed E-state index contributed by atoms with van der Waals surface area (Å²) >= 11 is 0. The maximum atomic E-state index is 14.6. The predicted octanol–water partition coefficient (Wildman–Crippen LogP) is 3.20. The minimum absolute atomic E-state index is 0.202. The maximum absolute atomic E-state index is 14.6. The number of hydrogen-bond acceptors (Lipinski definition) is 7. The van der Waals surface area contributed by atoms with Crippen molar-refractivity contribution in [1.29, 1.82) is 0 Å². The van der Waals surface area contributed by atoms with Crippen molar-refractivity contribution >= 4 is 28.2 Å². The molecule has 0 atom stereocenters. The van der Waals surface area contributed by atoms with E-state index >= 15 is 0 Å². The third-order valence-corrected chi connectivity index (χ3v) is 5.40. The average Bonchev–Trinajstić information content (AvgIpc) is 2.82. The summed E-state index contributed by atoms with van der Waals surface area (Å²) in [5.41, 5.74) is 1.14. The van der Waals surface area contributed by atoms with Gasteiger partial charge >= 0.3 is 0 Å². The highest BCUT2D eigenvalue weighted by atomic mass is 19.1. The van der Waals surface area contributed by atoms with Gasteiger partial charge in [-0.1, -0.05) is 12.1 Å². The lowest BCUT2D eigenvalue weighted by Gasteiger charge is -2.27. The Morgan fingerprint density at radius 1 is 1.06 bits per heavy atom. The second-order valence-corrected chi connectivity index (χ2v) is 7.47. The van der Waals surface area contributed by atoms with Crippen LogP contribution in [0.15, 0.2) is 59.7 Å². The number of ether oxygens (including phenoxy) is 1. The lowest BCUT2D eigenvalue weighted by atomic mass is 10.2. The number of halogens is 1.